The quantitative estimate of drug-likeness (QED) is 0.571. The monoisotopic (exact) mass is 473 g/mol. The molecule has 1 amide bonds. The summed E-state index contributed by atoms with van der Waals surface area (Å²) < 4.78 is 33.3. The number of nitrogens with one attached hydrogen (secondary N) is 2. The number of anilines is 1. The summed E-state index contributed by atoms with van der Waals surface area (Å²) in [5.41, 5.74) is 3.84. The zero-order valence-corrected chi connectivity index (χ0v) is 20.8. The second-order valence-corrected chi connectivity index (χ2v) is 10.5. The van der Waals surface area contributed by atoms with Crippen LogP contribution in [-0.2, 0) is 14.8 Å². The Labute approximate surface area is 197 Å². The molecule has 3 rings (SSSR count). The van der Waals surface area contributed by atoms with Crippen LogP contribution in [0.15, 0.2) is 41.3 Å². The molecule has 0 radical (unpaired) electrons. The molecule has 0 saturated carbocycles. The number of aryl methyl sites for hydroxylation is 2. The number of amides is 1. The van der Waals surface area contributed by atoms with E-state index in [9.17, 15) is 13.2 Å². The van der Waals surface area contributed by atoms with Crippen molar-refractivity contribution in [2.75, 3.05) is 31.6 Å². The maximum absolute atomic E-state index is 13.1. The first-order valence-corrected chi connectivity index (χ1v) is 13.0. The summed E-state index contributed by atoms with van der Waals surface area (Å²) in [6, 6.07) is 10.9. The van der Waals surface area contributed by atoms with Gasteiger partial charge >= 0.3 is 0 Å². The molecule has 180 valence electrons. The molecule has 1 aliphatic rings. The van der Waals surface area contributed by atoms with Gasteiger partial charge in [-0.1, -0.05) is 30.2 Å². The van der Waals surface area contributed by atoms with Crippen molar-refractivity contribution in [2.45, 2.75) is 57.9 Å². The van der Waals surface area contributed by atoms with Gasteiger partial charge in [-0.25, -0.2) is 8.42 Å². The molecule has 2 N–H and O–H groups in total. The zero-order valence-electron chi connectivity index (χ0n) is 20.0. The highest BCUT2D eigenvalue weighted by molar-refractivity contribution is 7.89. The van der Waals surface area contributed by atoms with Crippen LogP contribution in [-0.4, -0.2) is 44.9 Å². The van der Waals surface area contributed by atoms with Crippen molar-refractivity contribution in [1.82, 2.24) is 9.62 Å². The van der Waals surface area contributed by atoms with Crippen LogP contribution in [0.2, 0.25) is 0 Å². The maximum Gasteiger partial charge on any atom is 0.243 e. The Kier molecular flexibility index (Phi) is 8.51. The summed E-state index contributed by atoms with van der Waals surface area (Å²) in [4.78, 5) is 12.9. The molecule has 1 heterocycles. The molecule has 1 aliphatic heterocycles. The Morgan fingerprint density at radius 2 is 1.82 bits per heavy atom. The van der Waals surface area contributed by atoms with Crippen molar-refractivity contribution in [3.63, 3.8) is 0 Å². The van der Waals surface area contributed by atoms with E-state index in [0.29, 0.717) is 31.1 Å². The first-order chi connectivity index (χ1) is 15.7. The standard InChI is InChI=1S/C25H35N3O4S/c1-5-32-24-12-11-21(33(30,31)28-13-7-6-8-14-28)16-23(24)27-25(29)17-26-20(4)22-15-18(2)9-10-19(22)3/h9-12,15-16,20,26H,5-8,13-14,17H2,1-4H3,(H,27,29)/t20-/m0/s1. The Morgan fingerprint density at radius 1 is 1.09 bits per heavy atom. The predicted molar refractivity (Wildman–Crippen MR) is 131 cm³/mol. The number of carbonyl (C=O) groups is 1. The summed E-state index contributed by atoms with van der Waals surface area (Å²) in [6.45, 7) is 9.50. The average molecular weight is 474 g/mol. The third-order valence-electron chi connectivity index (χ3n) is 5.95. The maximum atomic E-state index is 13.1. The molecule has 2 aromatic carbocycles. The van der Waals surface area contributed by atoms with Crippen molar-refractivity contribution >= 4 is 21.6 Å². The number of nitrogens with zero attached hydrogens (tertiary/aromatic N) is 1. The van der Waals surface area contributed by atoms with E-state index in [4.69, 9.17) is 4.74 Å². The highest BCUT2D eigenvalue weighted by atomic mass is 32.2. The van der Waals surface area contributed by atoms with Crippen molar-refractivity contribution in [2.24, 2.45) is 0 Å². The second-order valence-electron chi connectivity index (χ2n) is 8.57. The van der Waals surface area contributed by atoms with Gasteiger partial charge in [0.05, 0.1) is 23.7 Å². The Balaban J connectivity index is 1.73. The minimum atomic E-state index is -3.61. The lowest BCUT2D eigenvalue weighted by atomic mass is 10.00. The summed E-state index contributed by atoms with van der Waals surface area (Å²) >= 11 is 0. The van der Waals surface area contributed by atoms with E-state index in [1.807, 2.05) is 20.8 Å². The minimum absolute atomic E-state index is 0.00664. The van der Waals surface area contributed by atoms with Crippen LogP contribution < -0.4 is 15.4 Å². The Bertz CT molecular complexity index is 1080. The van der Waals surface area contributed by atoms with Gasteiger partial charge in [-0.3, -0.25) is 4.79 Å². The molecule has 7 nitrogen and oxygen atoms in total. The van der Waals surface area contributed by atoms with E-state index in [-0.39, 0.29) is 23.4 Å². The fourth-order valence-corrected chi connectivity index (χ4v) is 5.62. The molecule has 33 heavy (non-hydrogen) atoms. The third-order valence-corrected chi connectivity index (χ3v) is 7.84. The van der Waals surface area contributed by atoms with Crippen molar-refractivity contribution in [3.05, 3.63) is 53.1 Å². The molecule has 0 aromatic heterocycles. The summed E-state index contributed by atoms with van der Waals surface area (Å²) in [6.07, 6.45) is 2.78. The van der Waals surface area contributed by atoms with E-state index in [1.54, 1.807) is 12.1 Å². The number of rotatable bonds is 9. The average Bonchev–Trinajstić information content (AvgIpc) is 2.80. The number of hydrogen-bond acceptors (Lipinski definition) is 5. The molecule has 0 aliphatic carbocycles. The summed E-state index contributed by atoms with van der Waals surface area (Å²) in [5.74, 6) is 0.187. The van der Waals surface area contributed by atoms with E-state index in [1.165, 1.54) is 15.9 Å². The van der Waals surface area contributed by atoms with Gasteiger partial charge in [0.1, 0.15) is 5.75 Å². The van der Waals surface area contributed by atoms with Crippen LogP contribution in [0.1, 0.15) is 55.8 Å². The van der Waals surface area contributed by atoms with E-state index < -0.39 is 10.0 Å². The van der Waals surface area contributed by atoms with Gasteiger partial charge in [-0.2, -0.15) is 4.31 Å². The van der Waals surface area contributed by atoms with Crippen LogP contribution in [0.4, 0.5) is 5.69 Å². The van der Waals surface area contributed by atoms with Gasteiger partial charge < -0.3 is 15.4 Å². The fourth-order valence-electron chi connectivity index (χ4n) is 4.08. The van der Waals surface area contributed by atoms with Gasteiger partial charge in [0.15, 0.2) is 0 Å². The fraction of sp³-hybridized carbons (Fsp3) is 0.480. The lowest BCUT2D eigenvalue weighted by Gasteiger charge is -2.26. The Morgan fingerprint density at radius 3 is 2.52 bits per heavy atom. The molecule has 2 aromatic rings. The van der Waals surface area contributed by atoms with Crippen LogP contribution >= 0.6 is 0 Å². The summed E-state index contributed by atoms with van der Waals surface area (Å²) in [5, 5.41) is 6.09. The van der Waals surface area contributed by atoms with Crippen LogP contribution in [0.25, 0.3) is 0 Å². The zero-order chi connectivity index (χ0) is 24.0. The van der Waals surface area contributed by atoms with Gasteiger partial charge in [-0.15, -0.1) is 0 Å². The number of hydrogen-bond donors (Lipinski definition) is 2. The highest BCUT2D eigenvalue weighted by Crippen LogP contribution is 2.30. The lowest BCUT2D eigenvalue weighted by Crippen LogP contribution is -2.35. The third kappa shape index (κ3) is 6.34. The van der Waals surface area contributed by atoms with Gasteiger partial charge in [-0.05, 0) is 69.9 Å². The van der Waals surface area contributed by atoms with E-state index in [2.05, 4.69) is 35.8 Å². The molecule has 1 atom stereocenters. The summed E-state index contributed by atoms with van der Waals surface area (Å²) in [7, 11) is -3.61. The van der Waals surface area contributed by atoms with Gasteiger partial charge in [0.25, 0.3) is 0 Å². The number of ether oxygens (including phenoxy) is 1. The highest BCUT2D eigenvalue weighted by Gasteiger charge is 2.27. The predicted octanol–water partition coefficient (Wildman–Crippen LogP) is 4.17. The van der Waals surface area contributed by atoms with Crippen molar-refractivity contribution in [1.29, 1.82) is 0 Å². The van der Waals surface area contributed by atoms with Crippen LogP contribution in [0.5, 0.6) is 5.75 Å². The minimum Gasteiger partial charge on any atom is -0.492 e. The lowest BCUT2D eigenvalue weighted by molar-refractivity contribution is -0.115. The number of sulfonamides is 1. The Hall–Kier alpha value is -2.42. The topological polar surface area (TPSA) is 87.7 Å². The molecular weight excluding hydrogens is 438 g/mol. The number of carbonyl (C=O) groups excluding carboxylic acids is 1. The van der Waals surface area contributed by atoms with E-state index in [0.717, 1.165) is 30.4 Å². The largest absolute Gasteiger partial charge is 0.492 e. The first kappa shape index (κ1) is 25.2. The second kappa shape index (κ2) is 11.1. The van der Waals surface area contributed by atoms with Gasteiger partial charge in [0.2, 0.25) is 15.9 Å². The molecule has 0 bridgehead atoms. The van der Waals surface area contributed by atoms with Crippen molar-refractivity contribution in [3.8, 4) is 5.75 Å². The van der Waals surface area contributed by atoms with Crippen LogP contribution in [0.3, 0.4) is 0 Å². The van der Waals surface area contributed by atoms with Crippen molar-refractivity contribution < 1.29 is 17.9 Å². The normalized spacial score (nSPS) is 15.8. The molecular formula is C25H35N3O4S. The van der Waals surface area contributed by atoms with E-state index >= 15 is 0 Å². The molecule has 8 heteroatoms. The SMILES string of the molecule is CCOc1ccc(S(=O)(=O)N2CCCCC2)cc1NC(=O)CN[C@@H](C)c1cc(C)ccc1C. The van der Waals surface area contributed by atoms with Gasteiger partial charge in [0, 0.05) is 19.1 Å². The first-order valence-electron chi connectivity index (χ1n) is 11.6. The van der Waals surface area contributed by atoms with Crippen LogP contribution in [0, 0.1) is 13.8 Å². The molecule has 1 fully saturated rings. The molecule has 1 saturated heterocycles. The number of benzene rings is 2. The smallest absolute Gasteiger partial charge is 0.243 e. The molecule has 0 spiro atoms. The number of piperidine rings is 1. The molecule has 0 unspecified atom stereocenters.